The number of carbonyl (C=O) groups excluding carboxylic acids is 1. The zero-order valence-electron chi connectivity index (χ0n) is 10.5. The quantitative estimate of drug-likeness (QED) is 0.831. The van der Waals surface area contributed by atoms with E-state index in [1.54, 1.807) is 0 Å². The summed E-state index contributed by atoms with van der Waals surface area (Å²) in [5.41, 5.74) is 3.66. The molecule has 2 aliphatic heterocycles. The number of allylic oxidation sites excluding steroid dienone is 1. The Kier molecular flexibility index (Phi) is 3.14. The molecule has 2 aliphatic rings. The van der Waals surface area contributed by atoms with Crippen molar-refractivity contribution in [1.82, 2.24) is 10.6 Å². The summed E-state index contributed by atoms with van der Waals surface area (Å²) in [6, 6.07) is 7.89. The molecule has 5 heteroatoms. The molecule has 3 rings (SSSR count). The number of carbonyl (C=O) groups is 1. The van der Waals surface area contributed by atoms with Gasteiger partial charge in [-0.25, -0.2) is 0 Å². The van der Waals surface area contributed by atoms with E-state index in [-0.39, 0.29) is 11.9 Å². The lowest BCUT2D eigenvalue weighted by Crippen LogP contribution is -2.22. The van der Waals surface area contributed by atoms with Gasteiger partial charge in [0.25, 0.3) is 5.91 Å². The summed E-state index contributed by atoms with van der Waals surface area (Å²) in [5.74, 6) is -0.0778. The van der Waals surface area contributed by atoms with Crippen LogP contribution in [0.25, 0.3) is 0 Å². The van der Waals surface area contributed by atoms with Crippen LogP contribution in [0.5, 0.6) is 0 Å². The fourth-order valence-corrected chi connectivity index (χ4v) is 2.76. The summed E-state index contributed by atoms with van der Waals surface area (Å²) < 4.78 is 1.03. The van der Waals surface area contributed by atoms with Crippen molar-refractivity contribution in [1.29, 1.82) is 0 Å². The van der Waals surface area contributed by atoms with E-state index in [1.807, 2.05) is 31.2 Å². The first-order valence-electron chi connectivity index (χ1n) is 6.22. The highest BCUT2D eigenvalue weighted by molar-refractivity contribution is 9.10. The van der Waals surface area contributed by atoms with Crippen molar-refractivity contribution in [2.45, 2.75) is 13.0 Å². The molecule has 1 aromatic rings. The fourth-order valence-electron chi connectivity index (χ4n) is 2.49. The molecule has 1 fully saturated rings. The highest BCUT2D eigenvalue weighted by Gasteiger charge is 2.36. The van der Waals surface area contributed by atoms with Crippen LogP contribution in [-0.4, -0.2) is 24.7 Å². The monoisotopic (exact) mass is 319 g/mol. The van der Waals surface area contributed by atoms with E-state index < -0.39 is 0 Å². The van der Waals surface area contributed by atoms with Crippen LogP contribution in [0.1, 0.15) is 18.5 Å². The first kappa shape index (κ1) is 12.4. The van der Waals surface area contributed by atoms with Gasteiger partial charge in [0.05, 0.1) is 12.6 Å². The average molecular weight is 320 g/mol. The molecule has 98 valence electrons. The standard InChI is InChI=1S/C14H14BrN3O/c1-8-11-12(9-2-4-10(15)5-3-9)18-14(19)13(11)17-7-6-16-8/h2-5,12,16H,6-7H2,1H3,(H,18,19). The molecule has 0 bridgehead atoms. The van der Waals surface area contributed by atoms with Crippen molar-refractivity contribution in [3.05, 3.63) is 45.6 Å². The van der Waals surface area contributed by atoms with Crippen molar-refractivity contribution < 1.29 is 4.79 Å². The molecule has 4 nitrogen and oxygen atoms in total. The Bertz CT molecular complexity index is 589. The van der Waals surface area contributed by atoms with Gasteiger partial charge in [-0.15, -0.1) is 0 Å². The van der Waals surface area contributed by atoms with Crippen LogP contribution in [0.3, 0.4) is 0 Å². The Labute approximate surface area is 120 Å². The summed E-state index contributed by atoms with van der Waals surface area (Å²) in [6.45, 7) is 3.41. The van der Waals surface area contributed by atoms with Crippen molar-refractivity contribution >= 4 is 27.5 Å². The second kappa shape index (κ2) is 4.81. The zero-order chi connectivity index (χ0) is 13.4. The number of halogens is 1. The minimum atomic E-state index is -0.107. The molecular formula is C14H14BrN3O. The maximum absolute atomic E-state index is 12.0. The second-order valence-electron chi connectivity index (χ2n) is 4.65. The Balaban J connectivity index is 2.07. The van der Waals surface area contributed by atoms with E-state index in [0.717, 1.165) is 27.9 Å². The van der Waals surface area contributed by atoms with Crippen LogP contribution in [0.15, 0.2) is 45.0 Å². The molecule has 1 unspecified atom stereocenters. The Morgan fingerprint density at radius 3 is 2.79 bits per heavy atom. The van der Waals surface area contributed by atoms with Gasteiger partial charge < -0.3 is 10.6 Å². The predicted octanol–water partition coefficient (Wildman–Crippen LogP) is 1.94. The van der Waals surface area contributed by atoms with Gasteiger partial charge in [-0.3, -0.25) is 9.79 Å². The summed E-state index contributed by atoms with van der Waals surface area (Å²) in [5, 5.41) is 6.32. The Morgan fingerprint density at radius 2 is 2.05 bits per heavy atom. The first-order chi connectivity index (χ1) is 9.16. The minimum Gasteiger partial charge on any atom is -0.386 e. The summed E-state index contributed by atoms with van der Waals surface area (Å²) >= 11 is 3.42. The molecule has 1 atom stereocenters. The number of amides is 1. The molecule has 0 spiro atoms. The van der Waals surface area contributed by atoms with E-state index >= 15 is 0 Å². The number of aliphatic imine (C=N–C) groups is 1. The summed E-state index contributed by atoms with van der Waals surface area (Å²) in [7, 11) is 0. The third-order valence-corrected chi connectivity index (χ3v) is 3.94. The van der Waals surface area contributed by atoms with Crippen LogP contribution in [-0.2, 0) is 4.79 Å². The zero-order valence-corrected chi connectivity index (χ0v) is 12.1. The van der Waals surface area contributed by atoms with Crippen LogP contribution in [0.4, 0.5) is 0 Å². The largest absolute Gasteiger partial charge is 0.386 e. The predicted molar refractivity (Wildman–Crippen MR) is 78.0 cm³/mol. The van der Waals surface area contributed by atoms with E-state index in [2.05, 4.69) is 31.6 Å². The molecule has 1 saturated heterocycles. The van der Waals surface area contributed by atoms with Crippen LogP contribution in [0.2, 0.25) is 0 Å². The van der Waals surface area contributed by atoms with Crippen LogP contribution < -0.4 is 10.6 Å². The van der Waals surface area contributed by atoms with Gasteiger partial charge in [-0.1, -0.05) is 28.1 Å². The molecule has 0 radical (unpaired) electrons. The van der Waals surface area contributed by atoms with E-state index in [0.29, 0.717) is 12.3 Å². The van der Waals surface area contributed by atoms with Gasteiger partial charge >= 0.3 is 0 Å². The number of nitrogens with one attached hydrogen (secondary N) is 2. The number of nitrogens with zero attached hydrogens (tertiary/aromatic N) is 1. The maximum Gasteiger partial charge on any atom is 0.270 e. The second-order valence-corrected chi connectivity index (χ2v) is 5.57. The maximum atomic E-state index is 12.0. The van der Waals surface area contributed by atoms with Gasteiger partial charge in [0.2, 0.25) is 0 Å². The SMILES string of the molecule is CC1=C2C(=NCCN1)C(=O)NC2c1ccc(Br)cc1. The third kappa shape index (κ3) is 2.18. The topological polar surface area (TPSA) is 53.5 Å². The van der Waals surface area contributed by atoms with Crippen LogP contribution in [0, 0.1) is 0 Å². The summed E-state index contributed by atoms with van der Waals surface area (Å²) in [4.78, 5) is 16.4. The normalized spacial score (nSPS) is 22.3. The first-order valence-corrected chi connectivity index (χ1v) is 7.02. The van der Waals surface area contributed by atoms with Gasteiger partial charge in [0, 0.05) is 22.3 Å². The number of fused-ring (bicyclic) bond motifs is 1. The van der Waals surface area contributed by atoms with E-state index in [1.165, 1.54) is 0 Å². The fraction of sp³-hybridized carbons (Fsp3) is 0.286. The van der Waals surface area contributed by atoms with Gasteiger partial charge in [0.1, 0.15) is 5.71 Å². The lowest BCUT2D eigenvalue weighted by molar-refractivity contribution is -0.114. The number of benzene rings is 1. The molecule has 2 heterocycles. The van der Waals surface area contributed by atoms with Gasteiger partial charge in [-0.05, 0) is 24.6 Å². The number of rotatable bonds is 1. The van der Waals surface area contributed by atoms with E-state index in [4.69, 9.17) is 0 Å². The lowest BCUT2D eigenvalue weighted by Gasteiger charge is -2.15. The Hall–Kier alpha value is -1.62. The lowest BCUT2D eigenvalue weighted by atomic mass is 9.97. The average Bonchev–Trinajstić information content (AvgIpc) is 2.60. The molecule has 1 aromatic carbocycles. The molecule has 0 aromatic heterocycles. The molecule has 2 N–H and O–H groups in total. The smallest absolute Gasteiger partial charge is 0.270 e. The highest BCUT2D eigenvalue weighted by atomic mass is 79.9. The molecular weight excluding hydrogens is 306 g/mol. The highest BCUT2D eigenvalue weighted by Crippen LogP contribution is 2.31. The van der Waals surface area contributed by atoms with Gasteiger partial charge in [-0.2, -0.15) is 0 Å². The molecule has 0 aliphatic carbocycles. The van der Waals surface area contributed by atoms with Crippen molar-refractivity contribution in [3.63, 3.8) is 0 Å². The number of hydrogen-bond donors (Lipinski definition) is 2. The molecule has 19 heavy (non-hydrogen) atoms. The van der Waals surface area contributed by atoms with Crippen molar-refractivity contribution in [2.24, 2.45) is 4.99 Å². The summed E-state index contributed by atoms with van der Waals surface area (Å²) in [6.07, 6.45) is 0. The number of hydrogen-bond acceptors (Lipinski definition) is 3. The van der Waals surface area contributed by atoms with Crippen molar-refractivity contribution in [3.8, 4) is 0 Å². The molecule has 0 saturated carbocycles. The third-order valence-electron chi connectivity index (χ3n) is 3.41. The van der Waals surface area contributed by atoms with Crippen molar-refractivity contribution in [2.75, 3.05) is 13.1 Å². The van der Waals surface area contributed by atoms with Crippen LogP contribution >= 0.6 is 15.9 Å². The van der Waals surface area contributed by atoms with Gasteiger partial charge in [0.15, 0.2) is 0 Å². The minimum absolute atomic E-state index is 0.0778. The molecule has 1 amide bonds. The van der Waals surface area contributed by atoms with E-state index in [9.17, 15) is 4.79 Å². The Morgan fingerprint density at radius 1 is 1.32 bits per heavy atom.